The zero-order chi connectivity index (χ0) is 31.7. The second-order valence-corrected chi connectivity index (χ2v) is 13.5. The zero-order valence-corrected chi connectivity index (χ0v) is 25.4. The molecule has 4 aromatic rings. The molecule has 226 valence electrons. The maximum absolute atomic E-state index is 13.1. The van der Waals surface area contributed by atoms with Gasteiger partial charge in [0, 0.05) is 22.6 Å². The summed E-state index contributed by atoms with van der Waals surface area (Å²) >= 11 is 11.7. The van der Waals surface area contributed by atoms with Crippen LogP contribution < -0.4 is 14.8 Å². The van der Waals surface area contributed by atoms with E-state index in [0.717, 1.165) is 41.5 Å². The van der Waals surface area contributed by atoms with Crippen LogP contribution in [-0.4, -0.2) is 22.7 Å². The number of halogens is 5. The third-order valence-corrected chi connectivity index (χ3v) is 9.78. The van der Waals surface area contributed by atoms with E-state index in [1.165, 1.54) is 24.3 Å². The van der Waals surface area contributed by atoms with E-state index in [9.17, 15) is 34.8 Å². The normalized spacial score (nSPS) is 12.1. The predicted octanol–water partition coefficient (Wildman–Crippen LogP) is 7.48. The average Bonchev–Trinajstić information content (AvgIpc) is 2.91. The number of hydrogen-bond acceptors (Lipinski definition) is 5. The van der Waals surface area contributed by atoms with Crippen LogP contribution in [0.15, 0.2) is 88.7 Å². The minimum atomic E-state index is -4.79. The van der Waals surface area contributed by atoms with Crippen molar-refractivity contribution in [3.8, 4) is 0 Å². The smallest absolute Gasteiger partial charge is 0.322 e. The molecule has 0 saturated carbocycles. The molecule has 3 N–H and O–H groups in total. The fraction of sp³-hybridized carbons (Fsp3) is 0.107. The number of alkyl halides is 3. The second kappa shape index (κ2) is 12.1. The largest absolute Gasteiger partial charge is 0.417 e. The highest BCUT2D eigenvalue weighted by Gasteiger charge is 2.33. The van der Waals surface area contributed by atoms with Crippen LogP contribution >= 0.6 is 23.2 Å². The van der Waals surface area contributed by atoms with Gasteiger partial charge in [0.25, 0.3) is 26.0 Å². The van der Waals surface area contributed by atoms with Gasteiger partial charge in [0.05, 0.1) is 20.5 Å². The first kappa shape index (κ1) is 32.1. The molecule has 0 heterocycles. The summed E-state index contributed by atoms with van der Waals surface area (Å²) in [6.07, 6.45) is -4.79. The summed E-state index contributed by atoms with van der Waals surface area (Å²) < 4.78 is 95.5. The molecule has 8 nitrogen and oxygen atoms in total. The van der Waals surface area contributed by atoms with Gasteiger partial charge in [-0.1, -0.05) is 29.3 Å². The summed E-state index contributed by atoms with van der Waals surface area (Å²) in [6.45, 7) is 3.71. The molecule has 0 atom stereocenters. The Labute approximate surface area is 255 Å². The van der Waals surface area contributed by atoms with Crippen molar-refractivity contribution in [2.24, 2.45) is 0 Å². The molecule has 0 aliphatic carbocycles. The van der Waals surface area contributed by atoms with Gasteiger partial charge >= 0.3 is 6.18 Å². The maximum Gasteiger partial charge on any atom is 0.417 e. The lowest BCUT2D eigenvalue weighted by atomic mass is 10.1. The molecule has 0 bridgehead atoms. The molecule has 4 aromatic carbocycles. The van der Waals surface area contributed by atoms with Gasteiger partial charge in [-0.15, -0.1) is 0 Å². The molecule has 0 aliphatic rings. The zero-order valence-electron chi connectivity index (χ0n) is 22.3. The van der Waals surface area contributed by atoms with Crippen LogP contribution in [-0.2, 0) is 26.2 Å². The second-order valence-electron chi connectivity index (χ2n) is 9.33. The van der Waals surface area contributed by atoms with Gasteiger partial charge in [-0.05, 0) is 97.8 Å². The first-order chi connectivity index (χ1) is 20.0. The summed E-state index contributed by atoms with van der Waals surface area (Å²) in [5.74, 6) is -0.714. The lowest BCUT2D eigenvalue weighted by molar-refractivity contribution is -0.137. The highest BCUT2D eigenvalue weighted by Crippen LogP contribution is 2.36. The number of carbonyl (C=O) groups excluding carboxylic acids is 1. The molecule has 0 aromatic heterocycles. The summed E-state index contributed by atoms with van der Waals surface area (Å²) in [4.78, 5) is 12.3. The van der Waals surface area contributed by atoms with Gasteiger partial charge in [-0.3, -0.25) is 14.2 Å². The van der Waals surface area contributed by atoms with E-state index in [4.69, 9.17) is 23.2 Å². The monoisotopic (exact) mass is 671 g/mol. The van der Waals surface area contributed by atoms with Crippen LogP contribution in [0.4, 0.5) is 30.2 Å². The van der Waals surface area contributed by atoms with E-state index in [-0.39, 0.29) is 31.8 Å². The van der Waals surface area contributed by atoms with Crippen molar-refractivity contribution in [3.63, 3.8) is 0 Å². The Hall–Kier alpha value is -3.78. The highest BCUT2D eigenvalue weighted by molar-refractivity contribution is 7.93. The minimum absolute atomic E-state index is 0.0496. The molecule has 0 fully saturated rings. The Morgan fingerprint density at radius 1 is 0.674 bits per heavy atom. The summed E-state index contributed by atoms with van der Waals surface area (Å²) in [7, 11) is -8.47. The Morgan fingerprint density at radius 2 is 1.23 bits per heavy atom. The Bertz CT molecular complexity index is 1930. The molecular formula is C28H22Cl2F3N3O5S2. The summed E-state index contributed by atoms with van der Waals surface area (Å²) in [6, 6.07) is 16.0. The number of carbonyl (C=O) groups is 1. The molecule has 0 unspecified atom stereocenters. The van der Waals surface area contributed by atoms with E-state index < -0.39 is 42.7 Å². The lowest BCUT2D eigenvalue weighted by Crippen LogP contribution is -2.17. The van der Waals surface area contributed by atoms with Crippen molar-refractivity contribution < 1.29 is 34.8 Å². The summed E-state index contributed by atoms with van der Waals surface area (Å²) in [5.41, 5.74) is 0.711. The molecule has 15 heteroatoms. The van der Waals surface area contributed by atoms with Gasteiger partial charge < -0.3 is 5.32 Å². The standard InChI is InChI=1S/C28H22Cl2F3N3O5S2/c1-16-3-5-20(13-17(16)2)36-43(40,41)26-14-18(4-11-25(26)30)27(37)34-19-6-9-22(10-7-19)42(38,39)35-21-8-12-24(29)23(15-21)28(31,32)33/h3-15,35-36H,1-2H3,(H,34,37). The Kier molecular flexibility index (Phi) is 9.03. The third kappa shape index (κ3) is 7.60. The molecule has 1 amide bonds. The van der Waals surface area contributed by atoms with Crippen molar-refractivity contribution >= 4 is 66.2 Å². The van der Waals surface area contributed by atoms with Gasteiger partial charge in [-0.2, -0.15) is 13.2 Å². The van der Waals surface area contributed by atoms with Gasteiger partial charge in [0.15, 0.2) is 0 Å². The molecule has 0 spiro atoms. The minimum Gasteiger partial charge on any atom is -0.322 e. The van der Waals surface area contributed by atoms with Crippen LogP contribution in [0.3, 0.4) is 0 Å². The molecular weight excluding hydrogens is 650 g/mol. The fourth-order valence-corrected chi connectivity index (χ4v) is 6.66. The molecule has 0 radical (unpaired) electrons. The van der Waals surface area contributed by atoms with Crippen molar-refractivity contribution in [3.05, 3.63) is 111 Å². The molecule has 43 heavy (non-hydrogen) atoms. The Balaban J connectivity index is 1.50. The quantitative estimate of drug-likeness (QED) is 0.179. The maximum atomic E-state index is 13.1. The first-order valence-corrected chi connectivity index (χ1v) is 15.9. The van der Waals surface area contributed by atoms with Crippen molar-refractivity contribution in [2.45, 2.75) is 29.8 Å². The van der Waals surface area contributed by atoms with Gasteiger partial charge in [-0.25, -0.2) is 16.8 Å². The number of nitrogens with one attached hydrogen (secondary N) is 3. The van der Waals surface area contributed by atoms with Crippen LogP contribution in [0.5, 0.6) is 0 Å². The van der Waals surface area contributed by atoms with E-state index in [0.29, 0.717) is 11.8 Å². The van der Waals surface area contributed by atoms with E-state index >= 15 is 0 Å². The molecule has 0 saturated heterocycles. The summed E-state index contributed by atoms with van der Waals surface area (Å²) in [5, 5.41) is 1.83. The first-order valence-electron chi connectivity index (χ1n) is 12.2. The van der Waals surface area contributed by atoms with Crippen LogP contribution in [0.1, 0.15) is 27.0 Å². The van der Waals surface area contributed by atoms with E-state index in [1.54, 1.807) is 18.2 Å². The van der Waals surface area contributed by atoms with Crippen LogP contribution in [0.25, 0.3) is 0 Å². The third-order valence-electron chi connectivity index (χ3n) is 6.19. The number of amides is 1. The number of hydrogen-bond donors (Lipinski definition) is 3. The van der Waals surface area contributed by atoms with Crippen molar-refractivity contribution in [1.82, 2.24) is 0 Å². The van der Waals surface area contributed by atoms with Crippen molar-refractivity contribution in [2.75, 3.05) is 14.8 Å². The number of sulfonamides is 2. The lowest BCUT2D eigenvalue weighted by Gasteiger charge is -2.13. The average molecular weight is 673 g/mol. The SMILES string of the molecule is Cc1ccc(NS(=O)(=O)c2cc(C(=O)Nc3ccc(S(=O)(=O)Nc4ccc(Cl)c(C(F)(F)F)c4)cc3)ccc2Cl)cc1C. The number of rotatable bonds is 8. The molecule has 0 aliphatic heterocycles. The number of benzene rings is 4. The Morgan fingerprint density at radius 3 is 1.86 bits per heavy atom. The number of aryl methyl sites for hydroxylation is 2. The van der Waals surface area contributed by atoms with E-state index in [1.807, 2.05) is 13.8 Å². The van der Waals surface area contributed by atoms with E-state index in [2.05, 4.69) is 14.8 Å². The number of anilines is 3. The predicted molar refractivity (Wildman–Crippen MR) is 160 cm³/mol. The van der Waals surface area contributed by atoms with Gasteiger partial charge in [0.1, 0.15) is 4.90 Å². The topological polar surface area (TPSA) is 121 Å². The fourth-order valence-electron chi connectivity index (χ4n) is 3.81. The van der Waals surface area contributed by atoms with Crippen molar-refractivity contribution in [1.29, 1.82) is 0 Å². The molecule has 4 rings (SSSR count). The van der Waals surface area contributed by atoms with Crippen LogP contribution in [0, 0.1) is 13.8 Å². The highest BCUT2D eigenvalue weighted by atomic mass is 35.5. The van der Waals surface area contributed by atoms with Crippen LogP contribution in [0.2, 0.25) is 10.0 Å². The van der Waals surface area contributed by atoms with Gasteiger partial charge in [0.2, 0.25) is 0 Å².